The van der Waals surface area contributed by atoms with E-state index in [9.17, 15) is 13.2 Å². The zero-order valence-corrected chi connectivity index (χ0v) is 17.7. The van der Waals surface area contributed by atoms with Crippen LogP contribution in [0.3, 0.4) is 0 Å². The topological polar surface area (TPSA) is 60.9 Å². The molecule has 3 fully saturated rings. The van der Waals surface area contributed by atoms with Gasteiger partial charge in [-0.3, -0.25) is 14.6 Å². The zero-order chi connectivity index (χ0) is 19.7. The van der Waals surface area contributed by atoms with Crippen LogP contribution in [0, 0.1) is 0 Å². The Bertz CT molecular complexity index is 802. The quantitative estimate of drug-likeness (QED) is 0.693. The largest absolute Gasteiger partial charge is 0.335 e. The summed E-state index contributed by atoms with van der Waals surface area (Å²) >= 11 is 5.95. The summed E-state index contributed by atoms with van der Waals surface area (Å²) < 4.78 is 23.7. The fourth-order valence-electron chi connectivity index (χ4n) is 4.28. The maximum atomic E-state index is 13.0. The first-order valence-electron chi connectivity index (χ1n) is 10.1. The van der Waals surface area contributed by atoms with Crippen molar-refractivity contribution in [3.05, 3.63) is 34.9 Å². The normalized spacial score (nSPS) is 25.7. The average Bonchev–Trinajstić information content (AvgIpc) is 3.42. The molecule has 3 aliphatic rings. The van der Waals surface area contributed by atoms with Gasteiger partial charge in [-0.05, 0) is 37.0 Å². The molecule has 0 spiro atoms. The maximum Gasteiger partial charge on any atom is 0.237 e. The second kappa shape index (κ2) is 8.30. The Kier molecular flexibility index (Phi) is 5.97. The molecule has 8 heteroatoms. The fraction of sp³-hybridized carbons (Fsp3) is 0.650. The Labute approximate surface area is 172 Å². The highest BCUT2D eigenvalue weighted by Gasteiger charge is 2.42. The summed E-state index contributed by atoms with van der Waals surface area (Å²) in [5.74, 6) is 0.470. The van der Waals surface area contributed by atoms with Gasteiger partial charge in [0.1, 0.15) is 0 Å². The van der Waals surface area contributed by atoms with Crippen LogP contribution < -0.4 is 0 Å². The van der Waals surface area contributed by atoms with Crippen molar-refractivity contribution in [3.8, 4) is 0 Å². The van der Waals surface area contributed by atoms with Crippen molar-refractivity contribution in [1.82, 2.24) is 14.7 Å². The molecular formula is C20H28ClN3O3S. The molecule has 0 bridgehead atoms. The lowest BCUT2D eigenvalue weighted by molar-refractivity contribution is -0.135. The van der Waals surface area contributed by atoms with Gasteiger partial charge < -0.3 is 4.90 Å². The molecule has 28 heavy (non-hydrogen) atoms. The van der Waals surface area contributed by atoms with Gasteiger partial charge in [-0.2, -0.15) is 0 Å². The minimum atomic E-state index is -2.98. The third-order valence-corrected chi connectivity index (χ3v) is 7.98. The van der Waals surface area contributed by atoms with Crippen LogP contribution >= 0.6 is 11.6 Å². The molecule has 0 aromatic heterocycles. The monoisotopic (exact) mass is 425 g/mol. The highest BCUT2D eigenvalue weighted by atomic mass is 35.5. The maximum absolute atomic E-state index is 13.0. The lowest BCUT2D eigenvalue weighted by Crippen LogP contribution is -2.52. The number of carbonyl (C=O) groups is 1. The summed E-state index contributed by atoms with van der Waals surface area (Å²) in [6.07, 6.45) is 2.62. The summed E-state index contributed by atoms with van der Waals surface area (Å²) in [5.41, 5.74) is 1.25. The molecular weight excluding hydrogens is 398 g/mol. The number of piperazine rings is 1. The van der Waals surface area contributed by atoms with Gasteiger partial charge in [0.2, 0.25) is 5.91 Å². The highest BCUT2D eigenvalue weighted by molar-refractivity contribution is 7.91. The van der Waals surface area contributed by atoms with Gasteiger partial charge in [-0.25, -0.2) is 8.42 Å². The first-order valence-corrected chi connectivity index (χ1v) is 12.3. The van der Waals surface area contributed by atoms with E-state index >= 15 is 0 Å². The number of hydrogen-bond acceptors (Lipinski definition) is 5. The molecule has 1 saturated carbocycles. The Morgan fingerprint density at radius 2 is 1.64 bits per heavy atom. The van der Waals surface area contributed by atoms with Gasteiger partial charge in [0.05, 0.1) is 18.1 Å². The number of sulfone groups is 1. The average molecular weight is 426 g/mol. The van der Waals surface area contributed by atoms with Gasteiger partial charge in [-0.15, -0.1) is 0 Å². The SMILES string of the molecule is O=C(CN1CCN(Cc2ccc(Cl)cc2)CC1)N(C1CC1)[C@@H]1CCS(=O)(=O)C1. The van der Waals surface area contributed by atoms with Crippen molar-refractivity contribution in [3.63, 3.8) is 0 Å². The Balaban J connectivity index is 1.27. The second-order valence-electron chi connectivity index (χ2n) is 8.27. The summed E-state index contributed by atoms with van der Waals surface area (Å²) in [7, 11) is -2.98. The number of amides is 1. The molecule has 4 rings (SSSR count). The minimum absolute atomic E-state index is 0.107. The van der Waals surface area contributed by atoms with Crippen LogP contribution in [0.4, 0.5) is 0 Å². The summed E-state index contributed by atoms with van der Waals surface area (Å²) in [6, 6.07) is 8.10. The molecule has 2 heterocycles. The number of nitrogens with zero attached hydrogens (tertiary/aromatic N) is 3. The number of benzene rings is 1. The number of hydrogen-bond donors (Lipinski definition) is 0. The standard InChI is InChI=1S/C20H28ClN3O3S/c21-17-3-1-16(2-4-17)13-22-8-10-23(11-9-22)14-20(25)24(18-5-6-18)19-7-12-28(26,27)15-19/h1-4,18-19H,5-15H2/t19-/m1/s1. The van der Waals surface area contributed by atoms with Crippen molar-refractivity contribution in [2.45, 2.75) is 37.9 Å². The predicted molar refractivity (Wildman–Crippen MR) is 110 cm³/mol. The van der Waals surface area contributed by atoms with Crippen LogP contribution in [0.1, 0.15) is 24.8 Å². The minimum Gasteiger partial charge on any atom is -0.335 e. The van der Waals surface area contributed by atoms with Crippen LogP contribution in [0.2, 0.25) is 5.02 Å². The predicted octanol–water partition coefficient (Wildman–Crippen LogP) is 1.64. The molecule has 0 unspecified atom stereocenters. The lowest BCUT2D eigenvalue weighted by atomic mass is 10.2. The van der Waals surface area contributed by atoms with Crippen LogP contribution in [-0.4, -0.2) is 85.3 Å². The van der Waals surface area contributed by atoms with Crippen LogP contribution in [-0.2, 0) is 21.2 Å². The molecule has 1 aliphatic carbocycles. The summed E-state index contributed by atoms with van der Waals surface area (Å²) in [4.78, 5) is 19.5. The van der Waals surface area contributed by atoms with Crippen LogP contribution in [0.15, 0.2) is 24.3 Å². The Hall–Kier alpha value is -1.15. The number of carbonyl (C=O) groups excluding carboxylic acids is 1. The van der Waals surface area contributed by atoms with Gasteiger partial charge in [0.25, 0.3) is 0 Å². The first-order chi connectivity index (χ1) is 13.4. The molecule has 154 valence electrons. The summed E-state index contributed by atoms with van der Waals surface area (Å²) in [5, 5.41) is 0.752. The van der Waals surface area contributed by atoms with E-state index in [1.807, 2.05) is 17.0 Å². The van der Waals surface area contributed by atoms with Crippen molar-refractivity contribution in [1.29, 1.82) is 0 Å². The van der Waals surface area contributed by atoms with Gasteiger partial charge in [0.15, 0.2) is 9.84 Å². The number of rotatable bonds is 6. The van der Waals surface area contributed by atoms with Crippen LogP contribution in [0.25, 0.3) is 0 Å². The third-order valence-electron chi connectivity index (χ3n) is 5.97. The van der Waals surface area contributed by atoms with Crippen LogP contribution in [0.5, 0.6) is 0 Å². The smallest absolute Gasteiger partial charge is 0.237 e. The first kappa shape index (κ1) is 20.1. The zero-order valence-electron chi connectivity index (χ0n) is 16.1. The molecule has 2 aliphatic heterocycles. The van der Waals surface area contributed by atoms with E-state index in [-0.39, 0.29) is 29.5 Å². The van der Waals surface area contributed by atoms with Crippen molar-refractivity contribution in [2.24, 2.45) is 0 Å². The van der Waals surface area contributed by atoms with Crippen molar-refractivity contribution < 1.29 is 13.2 Å². The molecule has 1 atom stereocenters. The van der Waals surface area contributed by atoms with Crippen molar-refractivity contribution in [2.75, 3.05) is 44.2 Å². The highest BCUT2D eigenvalue weighted by Crippen LogP contribution is 2.32. The molecule has 0 radical (unpaired) electrons. The van der Waals surface area contributed by atoms with E-state index < -0.39 is 9.84 Å². The van der Waals surface area contributed by atoms with E-state index in [1.165, 1.54) is 5.56 Å². The van der Waals surface area contributed by atoms with E-state index in [1.54, 1.807) is 0 Å². The van der Waals surface area contributed by atoms with E-state index in [0.717, 1.165) is 50.6 Å². The lowest BCUT2D eigenvalue weighted by Gasteiger charge is -2.36. The van der Waals surface area contributed by atoms with E-state index in [2.05, 4.69) is 21.9 Å². The molecule has 1 aromatic rings. The molecule has 6 nitrogen and oxygen atoms in total. The van der Waals surface area contributed by atoms with Gasteiger partial charge in [0, 0.05) is 49.8 Å². The molecule has 1 aromatic carbocycles. The van der Waals surface area contributed by atoms with Gasteiger partial charge in [-0.1, -0.05) is 23.7 Å². The second-order valence-corrected chi connectivity index (χ2v) is 10.9. The molecule has 2 saturated heterocycles. The molecule has 0 N–H and O–H groups in total. The van der Waals surface area contributed by atoms with Gasteiger partial charge >= 0.3 is 0 Å². The van der Waals surface area contributed by atoms with Crippen molar-refractivity contribution >= 4 is 27.3 Å². The fourth-order valence-corrected chi connectivity index (χ4v) is 6.12. The Morgan fingerprint density at radius 3 is 2.21 bits per heavy atom. The van der Waals surface area contributed by atoms with E-state index in [0.29, 0.717) is 13.0 Å². The third kappa shape index (κ3) is 5.06. The Morgan fingerprint density at radius 1 is 1.00 bits per heavy atom. The molecule has 1 amide bonds. The summed E-state index contributed by atoms with van der Waals surface area (Å²) in [6.45, 7) is 4.88. The van der Waals surface area contributed by atoms with E-state index in [4.69, 9.17) is 11.6 Å². The number of halogens is 1.